The molecule has 0 aromatic heterocycles. The molecule has 0 spiro atoms. The van der Waals surface area contributed by atoms with Gasteiger partial charge in [0.25, 0.3) is 0 Å². The summed E-state index contributed by atoms with van der Waals surface area (Å²) in [6, 6.07) is 2.20. The van der Waals surface area contributed by atoms with Crippen molar-refractivity contribution in [2.45, 2.75) is 31.5 Å². The van der Waals surface area contributed by atoms with E-state index in [0.717, 1.165) is 38.0 Å². The zero-order chi connectivity index (χ0) is 13.7. The van der Waals surface area contributed by atoms with E-state index in [4.69, 9.17) is 15.9 Å². The molecule has 0 amide bonds. The zero-order valence-electron chi connectivity index (χ0n) is 11.8. The number of hydrogen-bond acceptors (Lipinski definition) is 5. The Bertz CT molecular complexity index is 226. The van der Waals surface area contributed by atoms with E-state index in [1.165, 1.54) is 0 Å². The molecule has 4 N–H and O–H groups in total. The van der Waals surface area contributed by atoms with E-state index < -0.39 is 8.32 Å². The molecule has 5 nitrogen and oxygen atoms in total. The first-order valence-corrected chi connectivity index (χ1v) is 9.42. The number of rotatable bonds is 11. The summed E-state index contributed by atoms with van der Waals surface area (Å²) in [5, 5.41) is 0. The van der Waals surface area contributed by atoms with Gasteiger partial charge in [0.05, 0.1) is 13.1 Å². The molecule has 6 heteroatoms. The Morgan fingerprint density at radius 1 is 1.00 bits per heavy atom. The van der Waals surface area contributed by atoms with Crippen molar-refractivity contribution in [2.24, 2.45) is 21.5 Å². The molecular weight excluding hydrogens is 244 g/mol. The molecule has 0 rings (SSSR count). The lowest BCUT2D eigenvalue weighted by atomic mass is 10.5. The largest absolute Gasteiger partial charge is 0.420 e. The number of aliphatic imine (C=N–C) groups is 2. The Kier molecular flexibility index (Phi) is 11.2. The normalized spacial score (nSPS) is 15.6. The Hall–Kier alpha value is -0.563. The van der Waals surface area contributed by atoms with Crippen LogP contribution in [0.15, 0.2) is 9.98 Å². The highest BCUT2D eigenvalue weighted by atomic mass is 28.4. The lowest BCUT2D eigenvalue weighted by Gasteiger charge is -2.23. The lowest BCUT2D eigenvalue weighted by Crippen LogP contribution is -2.32. The fourth-order valence-corrected chi connectivity index (χ4v) is 3.72. The van der Waals surface area contributed by atoms with Gasteiger partial charge in [-0.25, -0.2) is 0 Å². The summed E-state index contributed by atoms with van der Waals surface area (Å²) < 4.78 is 5.72. The summed E-state index contributed by atoms with van der Waals surface area (Å²) in [4.78, 5) is 8.45. The van der Waals surface area contributed by atoms with Crippen LogP contribution in [-0.4, -0.2) is 54.0 Å². The average Bonchev–Trinajstić information content (AvgIpc) is 2.38. The molecule has 0 aliphatic carbocycles. The minimum atomic E-state index is -1.59. The summed E-state index contributed by atoms with van der Waals surface area (Å²) in [5.74, 6) is 0. The van der Waals surface area contributed by atoms with Crippen LogP contribution in [0, 0.1) is 0 Å². The predicted molar refractivity (Wildman–Crippen MR) is 82.3 cm³/mol. The van der Waals surface area contributed by atoms with E-state index in [1.54, 1.807) is 0 Å². The van der Waals surface area contributed by atoms with Crippen LogP contribution in [0.25, 0.3) is 0 Å². The second-order valence-corrected chi connectivity index (χ2v) is 8.79. The first-order chi connectivity index (χ1) is 8.68. The highest BCUT2D eigenvalue weighted by molar-refractivity contribution is 6.72. The van der Waals surface area contributed by atoms with Crippen LogP contribution in [0.3, 0.4) is 0 Å². The van der Waals surface area contributed by atoms with Crippen LogP contribution in [0.1, 0.15) is 12.8 Å². The monoisotopic (exact) mass is 272 g/mol. The van der Waals surface area contributed by atoms with E-state index in [0.29, 0.717) is 13.1 Å². The molecule has 0 saturated heterocycles. The SMILES string of the molecule is CO[Si](C)(CCC=NCCN)CCC=NCCN. The summed E-state index contributed by atoms with van der Waals surface area (Å²) in [6.07, 6.45) is 5.91. The molecule has 106 valence electrons. The van der Waals surface area contributed by atoms with E-state index >= 15 is 0 Å². The molecule has 0 aromatic rings. The summed E-state index contributed by atoms with van der Waals surface area (Å²) >= 11 is 0. The molecule has 0 atom stereocenters. The molecule has 18 heavy (non-hydrogen) atoms. The quantitative estimate of drug-likeness (QED) is 0.435. The minimum absolute atomic E-state index is 0.618. The van der Waals surface area contributed by atoms with Gasteiger partial charge in [0.15, 0.2) is 8.32 Å². The van der Waals surface area contributed by atoms with Crippen LogP contribution in [0.5, 0.6) is 0 Å². The van der Waals surface area contributed by atoms with Gasteiger partial charge in [-0.15, -0.1) is 0 Å². The Labute approximate surface area is 112 Å². The van der Waals surface area contributed by atoms with Crippen LogP contribution in [-0.2, 0) is 4.43 Å². The molecule has 0 heterocycles. The zero-order valence-corrected chi connectivity index (χ0v) is 12.8. The van der Waals surface area contributed by atoms with Gasteiger partial charge >= 0.3 is 0 Å². The third-order valence-corrected chi connectivity index (χ3v) is 6.55. The van der Waals surface area contributed by atoms with Gasteiger partial charge in [-0.2, -0.15) is 0 Å². The fraction of sp³-hybridized carbons (Fsp3) is 0.833. The van der Waals surface area contributed by atoms with E-state index in [9.17, 15) is 0 Å². The Balaban J connectivity index is 3.87. The first kappa shape index (κ1) is 17.4. The van der Waals surface area contributed by atoms with Gasteiger partial charge in [-0.05, 0) is 43.9 Å². The highest BCUT2D eigenvalue weighted by Gasteiger charge is 2.25. The van der Waals surface area contributed by atoms with Gasteiger partial charge < -0.3 is 15.9 Å². The maximum atomic E-state index is 5.72. The third kappa shape index (κ3) is 9.47. The molecule has 0 unspecified atom stereocenters. The van der Waals surface area contributed by atoms with E-state index in [1.807, 2.05) is 19.5 Å². The smallest absolute Gasteiger partial charge is 0.189 e. The fourth-order valence-electron chi connectivity index (χ4n) is 1.58. The van der Waals surface area contributed by atoms with Crippen molar-refractivity contribution in [3.05, 3.63) is 0 Å². The summed E-state index contributed by atoms with van der Waals surface area (Å²) in [7, 11) is 0.231. The molecule has 0 saturated carbocycles. The van der Waals surface area contributed by atoms with Gasteiger partial charge in [0.1, 0.15) is 0 Å². The van der Waals surface area contributed by atoms with Gasteiger partial charge in [-0.3, -0.25) is 9.98 Å². The Morgan fingerprint density at radius 3 is 1.78 bits per heavy atom. The van der Waals surface area contributed by atoms with Crippen LogP contribution >= 0.6 is 0 Å². The first-order valence-electron chi connectivity index (χ1n) is 6.60. The van der Waals surface area contributed by atoms with Crippen molar-refractivity contribution in [1.29, 1.82) is 0 Å². The number of nitrogens with zero attached hydrogens (tertiary/aromatic N) is 2. The lowest BCUT2D eigenvalue weighted by molar-refractivity contribution is 0.397. The van der Waals surface area contributed by atoms with Gasteiger partial charge in [0, 0.05) is 20.2 Å². The standard InChI is InChI=1S/C12H28N4OSi/c1-17-18(2,11-3-7-15-9-5-13)12-4-8-16-10-6-14/h7-8H,3-6,9-14H2,1-2H3. The average molecular weight is 272 g/mol. The maximum Gasteiger partial charge on any atom is 0.189 e. The predicted octanol–water partition coefficient (Wildman–Crippen LogP) is 1.05. The molecule has 0 bridgehead atoms. The van der Waals surface area contributed by atoms with Crippen LogP contribution in [0.4, 0.5) is 0 Å². The van der Waals surface area contributed by atoms with Crippen molar-refractivity contribution >= 4 is 20.7 Å². The second-order valence-electron chi connectivity index (χ2n) is 4.49. The van der Waals surface area contributed by atoms with Crippen molar-refractivity contribution in [2.75, 3.05) is 33.3 Å². The van der Waals surface area contributed by atoms with E-state index in [2.05, 4.69) is 16.5 Å². The summed E-state index contributed by atoms with van der Waals surface area (Å²) in [6.45, 7) is 4.94. The van der Waals surface area contributed by atoms with Gasteiger partial charge in [-0.1, -0.05) is 0 Å². The number of nitrogens with two attached hydrogens (primary N) is 2. The molecule has 0 aliphatic rings. The van der Waals surface area contributed by atoms with Crippen molar-refractivity contribution < 1.29 is 4.43 Å². The van der Waals surface area contributed by atoms with Gasteiger partial charge in [0.2, 0.25) is 0 Å². The van der Waals surface area contributed by atoms with Crippen LogP contribution in [0.2, 0.25) is 18.6 Å². The highest BCUT2D eigenvalue weighted by Crippen LogP contribution is 2.19. The molecule has 0 aliphatic heterocycles. The van der Waals surface area contributed by atoms with Crippen molar-refractivity contribution in [3.63, 3.8) is 0 Å². The van der Waals surface area contributed by atoms with Crippen LogP contribution < -0.4 is 11.5 Å². The second kappa shape index (κ2) is 11.5. The van der Waals surface area contributed by atoms with Crippen molar-refractivity contribution in [3.8, 4) is 0 Å². The Morgan fingerprint density at radius 2 is 1.44 bits per heavy atom. The molecule has 0 radical (unpaired) electrons. The number of hydrogen-bond donors (Lipinski definition) is 2. The van der Waals surface area contributed by atoms with Crippen molar-refractivity contribution in [1.82, 2.24) is 0 Å². The summed E-state index contributed by atoms with van der Waals surface area (Å²) in [5.41, 5.74) is 10.8. The minimum Gasteiger partial charge on any atom is -0.420 e. The molecular formula is C12H28N4OSi. The van der Waals surface area contributed by atoms with E-state index in [-0.39, 0.29) is 0 Å². The molecule has 0 aromatic carbocycles. The molecule has 0 fully saturated rings. The third-order valence-electron chi connectivity index (χ3n) is 2.87. The maximum absolute atomic E-state index is 5.72. The topological polar surface area (TPSA) is 86.0 Å².